The van der Waals surface area contributed by atoms with Crippen molar-refractivity contribution in [3.8, 4) is 0 Å². The van der Waals surface area contributed by atoms with Crippen molar-refractivity contribution in [2.75, 3.05) is 6.54 Å². The summed E-state index contributed by atoms with van der Waals surface area (Å²) in [5.74, 6) is -0.0675. The molecule has 0 heterocycles. The van der Waals surface area contributed by atoms with E-state index < -0.39 is 0 Å². The highest BCUT2D eigenvalue weighted by Gasteiger charge is 2.05. The zero-order valence-electron chi connectivity index (χ0n) is 10.5. The van der Waals surface area contributed by atoms with Gasteiger partial charge in [0.25, 0.3) is 5.91 Å². The molecule has 0 unspecified atom stereocenters. The molecule has 4 N–H and O–H groups in total. The molecule has 0 radical (unpaired) electrons. The lowest BCUT2D eigenvalue weighted by molar-refractivity contribution is 0.0953. The Morgan fingerprint density at radius 2 is 1.89 bits per heavy atom. The molecule has 0 spiro atoms. The minimum Gasteiger partial charge on any atom is -0.409 e. The number of amides is 1. The summed E-state index contributed by atoms with van der Waals surface area (Å²) >= 11 is 0. The number of unbranched alkanes of at least 4 members (excludes halogenated alkanes) is 2. The van der Waals surface area contributed by atoms with Crippen LogP contribution in [0.2, 0.25) is 0 Å². The van der Waals surface area contributed by atoms with Crippen LogP contribution in [-0.2, 0) is 0 Å². The fraction of sp³-hybridized carbons (Fsp3) is 0.385. The lowest BCUT2D eigenvalue weighted by Crippen LogP contribution is -2.24. The average Bonchev–Trinajstić information content (AvgIpc) is 2.42. The Morgan fingerprint density at radius 1 is 1.28 bits per heavy atom. The number of rotatable bonds is 6. The molecule has 0 bridgehead atoms. The fourth-order valence-corrected chi connectivity index (χ4v) is 1.53. The molecule has 1 rings (SSSR count). The molecule has 5 nitrogen and oxygen atoms in total. The number of hydrogen-bond acceptors (Lipinski definition) is 3. The van der Waals surface area contributed by atoms with Gasteiger partial charge in [0.05, 0.1) is 0 Å². The summed E-state index contributed by atoms with van der Waals surface area (Å²) in [6.07, 6.45) is 3.23. The first-order valence-electron chi connectivity index (χ1n) is 6.05. The molecule has 1 aromatic carbocycles. The van der Waals surface area contributed by atoms with E-state index in [0.717, 1.165) is 19.3 Å². The maximum absolute atomic E-state index is 11.7. The summed E-state index contributed by atoms with van der Waals surface area (Å²) in [5.41, 5.74) is 6.59. The summed E-state index contributed by atoms with van der Waals surface area (Å²) in [5, 5.41) is 14.3. The maximum atomic E-state index is 11.7. The lowest BCUT2D eigenvalue weighted by atomic mass is 10.1. The normalized spacial score (nSPS) is 11.3. The van der Waals surface area contributed by atoms with Gasteiger partial charge in [0.15, 0.2) is 5.84 Å². The number of carbonyl (C=O) groups excluding carboxylic acids is 1. The van der Waals surface area contributed by atoms with Gasteiger partial charge in [-0.1, -0.05) is 37.1 Å². The van der Waals surface area contributed by atoms with E-state index in [2.05, 4.69) is 17.4 Å². The van der Waals surface area contributed by atoms with Crippen molar-refractivity contribution in [3.63, 3.8) is 0 Å². The number of amidine groups is 1. The molecule has 98 valence electrons. The first-order chi connectivity index (χ1) is 8.69. The minimum atomic E-state index is -0.0999. The van der Waals surface area contributed by atoms with Crippen LogP contribution in [0.5, 0.6) is 0 Å². The first-order valence-corrected chi connectivity index (χ1v) is 6.05. The molecule has 0 aliphatic heterocycles. The van der Waals surface area contributed by atoms with E-state index in [9.17, 15) is 4.79 Å². The van der Waals surface area contributed by atoms with Crippen molar-refractivity contribution in [1.82, 2.24) is 5.32 Å². The highest BCUT2D eigenvalue weighted by Crippen LogP contribution is 2.04. The summed E-state index contributed by atoms with van der Waals surface area (Å²) in [6.45, 7) is 2.81. The smallest absolute Gasteiger partial charge is 0.251 e. The van der Waals surface area contributed by atoms with Crippen LogP contribution in [0.25, 0.3) is 0 Å². The first kappa shape index (κ1) is 14.0. The predicted octanol–water partition coefficient (Wildman–Crippen LogP) is 1.70. The SMILES string of the molecule is CCCCCNC(=O)c1ccc(/C(N)=N/O)cc1. The van der Waals surface area contributed by atoms with E-state index in [-0.39, 0.29) is 11.7 Å². The zero-order chi connectivity index (χ0) is 13.4. The number of carbonyl (C=O) groups is 1. The molecular formula is C13H19N3O2. The molecule has 0 aliphatic carbocycles. The van der Waals surface area contributed by atoms with E-state index in [0.29, 0.717) is 17.7 Å². The lowest BCUT2D eigenvalue weighted by Gasteiger charge is -2.05. The maximum Gasteiger partial charge on any atom is 0.251 e. The molecule has 0 fully saturated rings. The van der Waals surface area contributed by atoms with Crippen LogP contribution in [0.1, 0.15) is 42.1 Å². The average molecular weight is 249 g/mol. The van der Waals surface area contributed by atoms with Crippen molar-refractivity contribution in [1.29, 1.82) is 0 Å². The van der Waals surface area contributed by atoms with Gasteiger partial charge in [-0.15, -0.1) is 0 Å². The molecule has 18 heavy (non-hydrogen) atoms. The molecule has 0 saturated carbocycles. The molecular weight excluding hydrogens is 230 g/mol. The van der Waals surface area contributed by atoms with E-state index >= 15 is 0 Å². The van der Waals surface area contributed by atoms with Crippen LogP contribution < -0.4 is 11.1 Å². The van der Waals surface area contributed by atoms with Crippen LogP contribution in [0.4, 0.5) is 0 Å². The van der Waals surface area contributed by atoms with Gasteiger partial charge in [0.1, 0.15) is 0 Å². The molecule has 1 amide bonds. The molecule has 0 atom stereocenters. The largest absolute Gasteiger partial charge is 0.409 e. The van der Waals surface area contributed by atoms with Gasteiger partial charge in [0, 0.05) is 17.7 Å². The van der Waals surface area contributed by atoms with Gasteiger partial charge in [0.2, 0.25) is 0 Å². The van der Waals surface area contributed by atoms with Gasteiger partial charge in [-0.05, 0) is 18.6 Å². The van der Waals surface area contributed by atoms with Crippen molar-refractivity contribution < 1.29 is 10.0 Å². The second-order valence-electron chi connectivity index (χ2n) is 4.03. The van der Waals surface area contributed by atoms with Crippen molar-refractivity contribution in [2.45, 2.75) is 26.2 Å². The van der Waals surface area contributed by atoms with E-state index in [1.807, 2.05) is 0 Å². The Morgan fingerprint density at radius 3 is 2.44 bits per heavy atom. The monoisotopic (exact) mass is 249 g/mol. The quantitative estimate of drug-likeness (QED) is 0.236. The Bertz CT molecular complexity index is 413. The van der Waals surface area contributed by atoms with Gasteiger partial charge >= 0.3 is 0 Å². The fourth-order valence-electron chi connectivity index (χ4n) is 1.53. The van der Waals surface area contributed by atoms with Crippen molar-refractivity contribution >= 4 is 11.7 Å². The molecule has 1 aromatic rings. The number of oxime groups is 1. The number of hydrogen-bond donors (Lipinski definition) is 3. The van der Waals surface area contributed by atoms with Gasteiger partial charge < -0.3 is 16.3 Å². The van der Waals surface area contributed by atoms with E-state index in [1.54, 1.807) is 24.3 Å². The Balaban J connectivity index is 2.54. The highest BCUT2D eigenvalue weighted by atomic mass is 16.4. The number of nitrogens with one attached hydrogen (secondary N) is 1. The van der Waals surface area contributed by atoms with Crippen LogP contribution in [0, 0.1) is 0 Å². The second kappa shape index (κ2) is 7.32. The van der Waals surface area contributed by atoms with Gasteiger partial charge in [-0.25, -0.2) is 0 Å². The number of nitrogens with zero attached hydrogens (tertiary/aromatic N) is 1. The summed E-state index contributed by atoms with van der Waals surface area (Å²) in [7, 11) is 0. The highest BCUT2D eigenvalue weighted by molar-refractivity contribution is 5.99. The Hall–Kier alpha value is -2.04. The third kappa shape index (κ3) is 4.08. The Labute approximate surface area is 107 Å². The van der Waals surface area contributed by atoms with Crippen LogP contribution in [0.3, 0.4) is 0 Å². The minimum absolute atomic E-state index is 0.0323. The van der Waals surface area contributed by atoms with E-state index in [4.69, 9.17) is 10.9 Å². The standard InChI is InChI=1S/C13H19N3O2/c1-2-3-4-9-15-13(17)11-7-5-10(6-8-11)12(14)16-18/h5-8,18H,2-4,9H2,1H3,(H2,14,16)(H,15,17). The third-order valence-electron chi connectivity index (χ3n) is 2.62. The number of nitrogens with two attached hydrogens (primary N) is 1. The van der Waals surface area contributed by atoms with Crippen LogP contribution >= 0.6 is 0 Å². The summed E-state index contributed by atoms with van der Waals surface area (Å²) in [6, 6.07) is 6.61. The molecule has 0 aliphatic rings. The predicted molar refractivity (Wildman–Crippen MR) is 70.8 cm³/mol. The molecule has 5 heteroatoms. The van der Waals surface area contributed by atoms with Gasteiger partial charge in [-0.3, -0.25) is 4.79 Å². The Kier molecular flexibility index (Phi) is 5.70. The molecule has 0 saturated heterocycles. The van der Waals surface area contributed by atoms with Crippen molar-refractivity contribution in [2.24, 2.45) is 10.9 Å². The zero-order valence-corrected chi connectivity index (χ0v) is 10.5. The second-order valence-corrected chi connectivity index (χ2v) is 4.03. The van der Waals surface area contributed by atoms with Crippen LogP contribution in [0.15, 0.2) is 29.4 Å². The van der Waals surface area contributed by atoms with Crippen molar-refractivity contribution in [3.05, 3.63) is 35.4 Å². The van der Waals surface area contributed by atoms with Crippen LogP contribution in [-0.4, -0.2) is 23.5 Å². The number of benzene rings is 1. The topological polar surface area (TPSA) is 87.7 Å². The summed E-state index contributed by atoms with van der Waals surface area (Å²) in [4.78, 5) is 11.7. The van der Waals surface area contributed by atoms with E-state index in [1.165, 1.54) is 0 Å². The van der Waals surface area contributed by atoms with Gasteiger partial charge in [-0.2, -0.15) is 0 Å². The molecule has 0 aromatic heterocycles. The third-order valence-corrected chi connectivity index (χ3v) is 2.62. The summed E-state index contributed by atoms with van der Waals surface area (Å²) < 4.78 is 0.